The average Bonchev–Trinajstić information content (AvgIpc) is 2.11. The van der Waals surface area contributed by atoms with Crippen molar-refractivity contribution in [2.24, 2.45) is 0 Å². The number of hydrogen-bond donors (Lipinski definition) is 2. The van der Waals surface area contributed by atoms with Crippen molar-refractivity contribution in [3.63, 3.8) is 0 Å². The normalized spacial score (nSPS) is 13.1. The minimum atomic E-state index is -4.35. The number of quaternary nitrogens is 1. The molecule has 4 N–H and O–H groups in total. The number of hydrogen-bond acceptors (Lipinski definition) is 6. The summed E-state index contributed by atoms with van der Waals surface area (Å²) in [5.74, 6) is -2.57. The van der Waals surface area contributed by atoms with Gasteiger partial charge in [-0.3, -0.25) is 4.79 Å². The van der Waals surface area contributed by atoms with Crippen LogP contribution in [0.3, 0.4) is 0 Å². The van der Waals surface area contributed by atoms with Gasteiger partial charge in [-0.2, -0.15) is 0 Å². The molecule has 9 heteroatoms. The number of aliphatic carboxylic acids is 1. The van der Waals surface area contributed by atoms with E-state index in [0.29, 0.717) is 0 Å². The second-order valence-corrected chi connectivity index (χ2v) is 4.69. The number of carbonyl (C=O) groups is 2. The zero-order chi connectivity index (χ0) is 12.8. The predicted octanol–water partition coefficient (Wildman–Crippen LogP) is -4.21. The maximum Gasteiger partial charge on any atom is 0.220 e. The Morgan fingerprint density at radius 2 is 1.94 bits per heavy atom. The molecule has 0 aromatic rings. The van der Waals surface area contributed by atoms with E-state index in [0.717, 1.165) is 0 Å². The third kappa shape index (κ3) is 8.15. The Bertz CT molecular complexity index is 352. The highest BCUT2D eigenvalue weighted by Gasteiger charge is 2.10. The first-order valence-electron chi connectivity index (χ1n) is 4.46. The molecule has 0 rings (SSSR count). The van der Waals surface area contributed by atoms with E-state index in [9.17, 15) is 27.7 Å². The zero-order valence-corrected chi connectivity index (χ0v) is 9.29. The Hall–Kier alpha value is -1.19. The van der Waals surface area contributed by atoms with Gasteiger partial charge >= 0.3 is 0 Å². The van der Waals surface area contributed by atoms with Gasteiger partial charge in [0.1, 0.15) is 6.04 Å². The van der Waals surface area contributed by atoms with Crippen molar-refractivity contribution in [1.82, 2.24) is 5.32 Å². The molecule has 0 fully saturated rings. The molecule has 8 nitrogen and oxygen atoms in total. The van der Waals surface area contributed by atoms with E-state index in [4.69, 9.17) is 0 Å². The van der Waals surface area contributed by atoms with Crippen molar-refractivity contribution in [2.75, 3.05) is 12.3 Å². The van der Waals surface area contributed by atoms with Crippen LogP contribution < -0.4 is 16.2 Å². The van der Waals surface area contributed by atoms with Gasteiger partial charge in [-0.15, -0.1) is 0 Å². The van der Waals surface area contributed by atoms with E-state index >= 15 is 0 Å². The van der Waals surface area contributed by atoms with Crippen LogP contribution >= 0.6 is 0 Å². The smallest absolute Gasteiger partial charge is 0.220 e. The summed E-state index contributed by atoms with van der Waals surface area (Å²) in [6.07, 6.45) is -0.112. The number of carboxylic acids is 1. The fourth-order valence-electron chi connectivity index (χ4n) is 0.827. The lowest BCUT2D eigenvalue weighted by Crippen LogP contribution is -2.68. The van der Waals surface area contributed by atoms with Crippen LogP contribution in [0.1, 0.15) is 12.8 Å². The third-order valence-corrected chi connectivity index (χ3v) is 2.43. The Labute approximate surface area is 92.6 Å². The van der Waals surface area contributed by atoms with Crippen LogP contribution in [0.15, 0.2) is 0 Å². The van der Waals surface area contributed by atoms with E-state index < -0.39 is 33.8 Å². The first kappa shape index (κ1) is 14.8. The van der Waals surface area contributed by atoms with E-state index in [1.165, 1.54) is 0 Å². The molecule has 0 aliphatic rings. The van der Waals surface area contributed by atoms with Gasteiger partial charge in [-0.1, -0.05) is 0 Å². The largest absolute Gasteiger partial charge is 0.748 e. The number of rotatable bonds is 7. The van der Waals surface area contributed by atoms with Gasteiger partial charge in [0.2, 0.25) is 5.91 Å². The van der Waals surface area contributed by atoms with Crippen LogP contribution in [-0.2, 0) is 19.7 Å². The summed E-state index contributed by atoms with van der Waals surface area (Å²) in [6.45, 7) is -0.280. The summed E-state index contributed by atoms with van der Waals surface area (Å²) in [4.78, 5) is 21.2. The van der Waals surface area contributed by atoms with Gasteiger partial charge in [0.05, 0.1) is 21.8 Å². The lowest BCUT2D eigenvalue weighted by atomic mass is 10.1. The Morgan fingerprint density at radius 1 is 1.38 bits per heavy atom. The number of amides is 1. The predicted molar refractivity (Wildman–Crippen MR) is 48.5 cm³/mol. The molecule has 0 unspecified atom stereocenters. The zero-order valence-electron chi connectivity index (χ0n) is 8.47. The van der Waals surface area contributed by atoms with Crippen molar-refractivity contribution in [3.05, 3.63) is 0 Å². The monoisotopic (exact) mass is 253 g/mol. The molecular formula is C7H13N2O6S-. The van der Waals surface area contributed by atoms with Crippen LogP contribution in [0, 0.1) is 0 Å². The van der Waals surface area contributed by atoms with Crippen molar-refractivity contribution in [2.45, 2.75) is 18.9 Å². The van der Waals surface area contributed by atoms with Crippen LogP contribution in [0.5, 0.6) is 0 Å². The quantitative estimate of drug-likeness (QED) is 0.438. The highest BCUT2D eigenvalue weighted by atomic mass is 32.2. The van der Waals surface area contributed by atoms with E-state index in [1.54, 1.807) is 0 Å². The van der Waals surface area contributed by atoms with Gasteiger partial charge in [-0.25, -0.2) is 8.42 Å². The molecule has 0 aliphatic carbocycles. The van der Waals surface area contributed by atoms with Crippen molar-refractivity contribution in [1.29, 1.82) is 0 Å². The summed E-state index contributed by atoms with van der Waals surface area (Å²) in [5, 5.41) is 12.4. The summed E-state index contributed by atoms with van der Waals surface area (Å²) >= 11 is 0. The highest BCUT2D eigenvalue weighted by Crippen LogP contribution is 1.92. The molecule has 0 saturated carbocycles. The number of carbonyl (C=O) groups excluding carboxylic acids is 2. The first-order valence-corrected chi connectivity index (χ1v) is 6.04. The Kier molecular flexibility index (Phi) is 5.93. The SMILES string of the molecule is [NH3+][C@@H](CCC(=O)NCCS(=O)(=O)[O-])C(=O)[O-]. The summed E-state index contributed by atoms with van der Waals surface area (Å²) < 4.78 is 30.5. The highest BCUT2D eigenvalue weighted by molar-refractivity contribution is 7.85. The van der Waals surface area contributed by atoms with Gasteiger partial charge in [-0.05, 0) is 0 Å². The maximum atomic E-state index is 11.0. The third-order valence-electron chi connectivity index (χ3n) is 1.73. The topological polar surface area (TPSA) is 154 Å². The van der Waals surface area contributed by atoms with Gasteiger partial charge in [0.15, 0.2) is 0 Å². The lowest BCUT2D eigenvalue weighted by Gasteiger charge is -2.10. The summed E-state index contributed by atoms with van der Waals surface area (Å²) in [6, 6.07) is -0.992. The molecule has 0 saturated heterocycles. The van der Waals surface area contributed by atoms with Crippen molar-refractivity contribution >= 4 is 22.0 Å². The first-order chi connectivity index (χ1) is 7.22. The molecule has 1 amide bonds. The average molecular weight is 253 g/mol. The van der Waals surface area contributed by atoms with E-state index in [-0.39, 0.29) is 19.4 Å². The Balaban J connectivity index is 3.72. The molecule has 0 spiro atoms. The molecule has 0 aromatic carbocycles. The van der Waals surface area contributed by atoms with E-state index in [2.05, 4.69) is 11.1 Å². The molecule has 1 atom stereocenters. The van der Waals surface area contributed by atoms with Gasteiger partial charge < -0.3 is 25.5 Å². The van der Waals surface area contributed by atoms with Crippen LogP contribution in [-0.4, -0.2) is 43.2 Å². The van der Waals surface area contributed by atoms with Crippen LogP contribution in [0.2, 0.25) is 0 Å². The van der Waals surface area contributed by atoms with Gasteiger partial charge in [0.25, 0.3) is 0 Å². The fourth-order valence-corrected chi connectivity index (χ4v) is 1.18. The fraction of sp³-hybridized carbons (Fsp3) is 0.714. The molecule has 94 valence electrons. The second-order valence-electron chi connectivity index (χ2n) is 3.17. The molecule has 0 aliphatic heterocycles. The second kappa shape index (κ2) is 6.40. The molecular weight excluding hydrogens is 240 g/mol. The molecule has 0 aromatic heterocycles. The lowest BCUT2D eigenvalue weighted by molar-refractivity contribution is -0.438. The van der Waals surface area contributed by atoms with Gasteiger partial charge in [0, 0.05) is 19.4 Å². The minimum absolute atomic E-state index is 0.00169. The molecule has 0 bridgehead atoms. The molecule has 16 heavy (non-hydrogen) atoms. The molecule has 0 radical (unpaired) electrons. The summed E-state index contributed by atoms with van der Waals surface area (Å²) in [5.41, 5.74) is 3.24. The number of nitrogens with one attached hydrogen (secondary N) is 1. The maximum absolute atomic E-state index is 11.0. The Morgan fingerprint density at radius 3 is 2.38 bits per heavy atom. The van der Waals surface area contributed by atoms with Crippen LogP contribution in [0.25, 0.3) is 0 Å². The molecule has 0 heterocycles. The minimum Gasteiger partial charge on any atom is -0.748 e. The summed E-state index contributed by atoms with van der Waals surface area (Å²) in [7, 11) is -4.35. The van der Waals surface area contributed by atoms with Crippen LogP contribution in [0.4, 0.5) is 0 Å². The van der Waals surface area contributed by atoms with Crippen molar-refractivity contribution < 1.29 is 33.4 Å². The standard InChI is InChI=1S/C7H14N2O6S/c8-5(7(11)12)1-2-6(10)9-3-4-16(13,14)15/h5H,1-4,8H2,(H,9,10)(H,11,12)(H,13,14,15)/p-1/t5-/m0/s1. The van der Waals surface area contributed by atoms with E-state index in [1.807, 2.05) is 0 Å². The van der Waals surface area contributed by atoms with Crippen molar-refractivity contribution in [3.8, 4) is 0 Å². The number of carboxylic acid groups (broad SMARTS) is 1.